The highest BCUT2D eigenvalue weighted by atomic mass is 19.4. The summed E-state index contributed by atoms with van der Waals surface area (Å²) in [5.41, 5.74) is 5.93. The van der Waals surface area contributed by atoms with Gasteiger partial charge in [-0.05, 0) is 31.0 Å². The summed E-state index contributed by atoms with van der Waals surface area (Å²) in [6.45, 7) is 0.471. The van der Waals surface area contributed by atoms with Crippen LogP contribution in [0.25, 0.3) is 11.0 Å². The summed E-state index contributed by atoms with van der Waals surface area (Å²) in [6.07, 6.45) is -1.37. The Bertz CT molecular complexity index is 606. The monoisotopic (exact) mass is 269 g/mol. The first-order valence-corrected chi connectivity index (χ1v) is 6.22. The Balaban J connectivity index is 2.06. The van der Waals surface area contributed by atoms with Crippen molar-refractivity contribution in [2.75, 3.05) is 6.54 Å². The molecule has 0 aliphatic heterocycles. The third-order valence-corrected chi connectivity index (χ3v) is 4.01. The fraction of sp³-hybridized carbons (Fsp3) is 0.462. The van der Waals surface area contributed by atoms with E-state index in [1.807, 2.05) is 0 Å². The number of aromatic nitrogens is 2. The maximum atomic E-state index is 12.6. The molecule has 2 aromatic rings. The van der Waals surface area contributed by atoms with E-state index in [-0.39, 0.29) is 5.41 Å². The van der Waals surface area contributed by atoms with Gasteiger partial charge in [0.25, 0.3) is 0 Å². The number of nitrogens with zero attached hydrogens (tertiary/aromatic N) is 1. The molecule has 6 heteroatoms. The molecule has 0 saturated heterocycles. The molecule has 0 unspecified atom stereocenters. The number of halogens is 3. The van der Waals surface area contributed by atoms with Crippen LogP contribution in [-0.2, 0) is 11.6 Å². The molecule has 1 saturated carbocycles. The molecular formula is C13H14F3N3. The number of hydrogen-bond acceptors (Lipinski definition) is 2. The average molecular weight is 269 g/mol. The second-order valence-electron chi connectivity index (χ2n) is 5.15. The predicted octanol–water partition coefficient (Wildman–Crippen LogP) is 2.96. The molecule has 0 radical (unpaired) electrons. The summed E-state index contributed by atoms with van der Waals surface area (Å²) in [7, 11) is 0. The topological polar surface area (TPSA) is 54.7 Å². The van der Waals surface area contributed by atoms with E-state index in [1.165, 1.54) is 6.07 Å². The van der Waals surface area contributed by atoms with Crippen LogP contribution in [0.5, 0.6) is 0 Å². The van der Waals surface area contributed by atoms with Gasteiger partial charge in [0.15, 0.2) is 0 Å². The molecule has 1 aliphatic carbocycles. The maximum Gasteiger partial charge on any atom is 0.416 e. The van der Waals surface area contributed by atoms with E-state index in [2.05, 4.69) is 9.97 Å². The number of aromatic amines is 1. The van der Waals surface area contributed by atoms with Crippen LogP contribution in [0, 0.1) is 0 Å². The lowest BCUT2D eigenvalue weighted by Gasteiger charge is -2.38. The molecule has 3 N–H and O–H groups in total. The van der Waals surface area contributed by atoms with Gasteiger partial charge in [0.05, 0.1) is 16.6 Å². The number of imidazole rings is 1. The second kappa shape index (κ2) is 3.96. The van der Waals surface area contributed by atoms with E-state index >= 15 is 0 Å². The van der Waals surface area contributed by atoms with Crippen molar-refractivity contribution in [1.82, 2.24) is 9.97 Å². The molecule has 3 rings (SSSR count). The number of H-pyrrole nitrogens is 1. The Morgan fingerprint density at radius 1 is 1.32 bits per heavy atom. The van der Waals surface area contributed by atoms with Gasteiger partial charge in [0, 0.05) is 12.0 Å². The van der Waals surface area contributed by atoms with Crippen molar-refractivity contribution >= 4 is 11.0 Å². The van der Waals surface area contributed by atoms with Gasteiger partial charge >= 0.3 is 6.18 Å². The highest BCUT2D eigenvalue weighted by Crippen LogP contribution is 2.42. The number of rotatable bonds is 2. The minimum Gasteiger partial charge on any atom is -0.341 e. The third-order valence-electron chi connectivity index (χ3n) is 4.01. The van der Waals surface area contributed by atoms with Gasteiger partial charge in [-0.15, -0.1) is 0 Å². The first-order valence-electron chi connectivity index (χ1n) is 6.22. The molecule has 1 heterocycles. The highest BCUT2D eigenvalue weighted by molar-refractivity contribution is 5.76. The van der Waals surface area contributed by atoms with Gasteiger partial charge in [0.1, 0.15) is 5.82 Å². The Kier molecular flexibility index (Phi) is 2.60. The quantitative estimate of drug-likeness (QED) is 0.880. The SMILES string of the molecule is NCC1(c2nc3ccc(C(F)(F)F)cc3[nH]2)CCC1. The van der Waals surface area contributed by atoms with Crippen molar-refractivity contribution < 1.29 is 13.2 Å². The molecule has 1 aliphatic rings. The van der Waals surface area contributed by atoms with Gasteiger partial charge in [0.2, 0.25) is 0 Å². The van der Waals surface area contributed by atoms with Crippen molar-refractivity contribution in [2.45, 2.75) is 30.9 Å². The van der Waals surface area contributed by atoms with E-state index < -0.39 is 11.7 Å². The van der Waals surface area contributed by atoms with Crippen LogP contribution in [0.4, 0.5) is 13.2 Å². The lowest BCUT2D eigenvalue weighted by Crippen LogP contribution is -2.42. The number of benzene rings is 1. The van der Waals surface area contributed by atoms with E-state index in [1.54, 1.807) is 0 Å². The van der Waals surface area contributed by atoms with Crippen molar-refractivity contribution in [3.63, 3.8) is 0 Å². The fourth-order valence-electron chi connectivity index (χ4n) is 2.58. The van der Waals surface area contributed by atoms with Crippen molar-refractivity contribution in [1.29, 1.82) is 0 Å². The first kappa shape index (κ1) is 12.5. The molecule has 1 aromatic carbocycles. The molecular weight excluding hydrogens is 255 g/mol. The molecule has 1 aromatic heterocycles. The molecule has 0 amide bonds. The number of hydrogen-bond donors (Lipinski definition) is 2. The van der Waals surface area contributed by atoms with Gasteiger partial charge in [-0.1, -0.05) is 6.42 Å². The second-order valence-corrected chi connectivity index (χ2v) is 5.15. The lowest BCUT2D eigenvalue weighted by molar-refractivity contribution is -0.137. The third kappa shape index (κ3) is 1.90. The van der Waals surface area contributed by atoms with Gasteiger partial charge < -0.3 is 10.7 Å². The Morgan fingerprint density at radius 3 is 2.58 bits per heavy atom. The zero-order valence-electron chi connectivity index (χ0n) is 10.2. The first-order chi connectivity index (χ1) is 8.94. The number of nitrogens with two attached hydrogens (primary N) is 1. The molecule has 1 fully saturated rings. The van der Waals surface area contributed by atoms with E-state index in [9.17, 15) is 13.2 Å². The maximum absolute atomic E-state index is 12.6. The van der Waals surface area contributed by atoms with E-state index in [0.29, 0.717) is 17.6 Å². The van der Waals surface area contributed by atoms with Crippen molar-refractivity contribution in [3.8, 4) is 0 Å². The smallest absolute Gasteiger partial charge is 0.341 e. The van der Waals surface area contributed by atoms with Crippen LogP contribution in [0.3, 0.4) is 0 Å². The highest BCUT2D eigenvalue weighted by Gasteiger charge is 2.40. The molecule has 0 bridgehead atoms. The predicted molar refractivity (Wildman–Crippen MR) is 65.7 cm³/mol. The van der Waals surface area contributed by atoms with Crippen LogP contribution in [-0.4, -0.2) is 16.5 Å². The van der Waals surface area contributed by atoms with Crippen molar-refractivity contribution in [2.24, 2.45) is 5.73 Å². The largest absolute Gasteiger partial charge is 0.416 e. The minimum atomic E-state index is -4.33. The molecule has 0 atom stereocenters. The van der Waals surface area contributed by atoms with Crippen LogP contribution < -0.4 is 5.73 Å². The molecule has 102 valence electrons. The Hall–Kier alpha value is -1.56. The van der Waals surface area contributed by atoms with E-state index in [0.717, 1.165) is 37.2 Å². The summed E-state index contributed by atoms with van der Waals surface area (Å²) >= 11 is 0. The summed E-state index contributed by atoms with van der Waals surface area (Å²) in [6, 6.07) is 3.57. The minimum absolute atomic E-state index is 0.169. The zero-order chi connectivity index (χ0) is 13.7. The van der Waals surface area contributed by atoms with Crippen LogP contribution in [0.1, 0.15) is 30.7 Å². The summed E-state index contributed by atoms with van der Waals surface area (Å²) in [5.74, 6) is 0.718. The summed E-state index contributed by atoms with van der Waals surface area (Å²) in [4.78, 5) is 7.41. The number of nitrogens with one attached hydrogen (secondary N) is 1. The standard InChI is InChI=1S/C13H14F3N3/c14-13(15,16)8-2-3-9-10(6-8)19-11(18-9)12(7-17)4-1-5-12/h2-3,6H,1,4-5,7,17H2,(H,18,19). The van der Waals surface area contributed by atoms with Gasteiger partial charge in [-0.3, -0.25) is 0 Å². The van der Waals surface area contributed by atoms with Crippen LogP contribution in [0.15, 0.2) is 18.2 Å². The van der Waals surface area contributed by atoms with Crippen molar-refractivity contribution in [3.05, 3.63) is 29.6 Å². The van der Waals surface area contributed by atoms with Gasteiger partial charge in [-0.2, -0.15) is 13.2 Å². The summed E-state index contributed by atoms with van der Waals surface area (Å²) < 4.78 is 37.9. The number of alkyl halides is 3. The van der Waals surface area contributed by atoms with E-state index in [4.69, 9.17) is 5.73 Å². The lowest BCUT2D eigenvalue weighted by atomic mass is 9.68. The fourth-order valence-corrected chi connectivity index (χ4v) is 2.58. The molecule has 0 spiro atoms. The normalized spacial score (nSPS) is 18.5. The van der Waals surface area contributed by atoms with Crippen LogP contribution >= 0.6 is 0 Å². The number of fused-ring (bicyclic) bond motifs is 1. The van der Waals surface area contributed by atoms with Gasteiger partial charge in [-0.25, -0.2) is 4.98 Å². The summed E-state index contributed by atoms with van der Waals surface area (Å²) in [5, 5.41) is 0. The molecule has 3 nitrogen and oxygen atoms in total. The average Bonchev–Trinajstić information content (AvgIpc) is 2.69. The molecule has 19 heavy (non-hydrogen) atoms. The Labute approximate surface area is 108 Å². The van der Waals surface area contributed by atoms with Crippen LogP contribution in [0.2, 0.25) is 0 Å². The zero-order valence-corrected chi connectivity index (χ0v) is 10.2. The Morgan fingerprint density at radius 2 is 2.05 bits per heavy atom.